The van der Waals surface area contributed by atoms with E-state index in [1.54, 1.807) is 7.05 Å². The van der Waals surface area contributed by atoms with Crippen LogP contribution in [0.5, 0.6) is 0 Å². The van der Waals surface area contributed by atoms with Crippen LogP contribution in [0.1, 0.15) is 6.42 Å². The monoisotopic (exact) mass is 143 g/mol. The zero-order valence-electron chi connectivity index (χ0n) is 5.72. The Labute approximate surface area is 58.5 Å². The number of nitrogens with one attached hydrogen (secondary N) is 1. The number of ether oxygens (including phenoxy) is 1. The molecule has 4 heteroatoms. The van der Waals surface area contributed by atoms with Crippen LogP contribution in [0.3, 0.4) is 0 Å². The van der Waals surface area contributed by atoms with Gasteiger partial charge in [0.05, 0.1) is 0 Å². The van der Waals surface area contributed by atoms with Crippen molar-refractivity contribution in [2.45, 2.75) is 12.5 Å². The molecule has 0 saturated carbocycles. The smallest absolute Gasteiger partial charge is 0.324 e. The first-order valence-corrected chi connectivity index (χ1v) is 3.09. The highest BCUT2D eigenvalue weighted by Gasteiger charge is 2.26. The SMILES string of the molecule is CNC1CC(=O)COC1=O. The lowest BCUT2D eigenvalue weighted by Crippen LogP contribution is -2.42. The molecule has 56 valence electrons. The second-order valence-electron chi connectivity index (χ2n) is 2.19. The second kappa shape index (κ2) is 2.79. The lowest BCUT2D eigenvalue weighted by molar-refractivity contribution is -0.155. The van der Waals surface area contributed by atoms with Crippen molar-refractivity contribution >= 4 is 11.8 Å². The number of esters is 1. The first-order chi connectivity index (χ1) is 4.74. The van der Waals surface area contributed by atoms with Gasteiger partial charge in [-0.05, 0) is 7.05 Å². The summed E-state index contributed by atoms with van der Waals surface area (Å²) in [7, 11) is 1.63. The molecule has 1 aliphatic rings. The Balaban J connectivity index is 2.53. The van der Waals surface area contributed by atoms with E-state index in [-0.39, 0.29) is 24.8 Å². The summed E-state index contributed by atoms with van der Waals surface area (Å²) >= 11 is 0. The van der Waals surface area contributed by atoms with Gasteiger partial charge in [-0.15, -0.1) is 0 Å². The van der Waals surface area contributed by atoms with Crippen molar-refractivity contribution in [1.29, 1.82) is 0 Å². The number of hydrogen-bond donors (Lipinski definition) is 1. The lowest BCUT2D eigenvalue weighted by Gasteiger charge is -2.18. The number of rotatable bonds is 1. The number of ketones is 1. The molecule has 4 nitrogen and oxygen atoms in total. The van der Waals surface area contributed by atoms with Gasteiger partial charge in [0.2, 0.25) is 0 Å². The summed E-state index contributed by atoms with van der Waals surface area (Å²) in [5.74, 6) is -0.360. The molecule has 0 aromatic rings. The molecular weight excluding hydrogens is 134 g/mol. The van der Waals surface area contributed by atoms with Crippen LogP contribution < -0.4 is 5.32 Å². The van der Waals surface area contributed by atoms with E-state index in [0.29, 0.717) is 0 Å². The van der Waals surface area contributed by atoms with Crippen LogP contribution in [0.25, 0.3) is 0 Å². The van der Waals surface area contributed by atoms with E-state index in [2.05, 4.69) is 10.1 Å². The lowest BCUT2D eigenvalue weighted by atomic mass is 10.1. The molecule has 1 aliphatic heterocycles. The molecule has 1 heterocycles. The van der Waals surface area contributed by atoms with Gasteiger partial charge in [-0.25, -0.2) is 0 Å². The fourth-order valence-corrected chi connectivity index (χ4v) is 0.842. The zero-order chi connectivity index (χ0) is 7.56. The summed E-state index contributed by atoms with van der Waals surface area (Å²) in [5, 5.41) is 2.69. The topological polar surface area (TPSA) is 55.4 Å². The molecule has 0 bridgehead atoms. The van der Waals surface area contributed by atoms with E-state index in [1.165, 1.54) is 0 Å². The van der Waals surface area contributed by atoms with Crippen LogP contribution in [-0.2, 0) is 14.3 Å². The molecule has 0 radical (unpaired) electrons. The van der Waals surface area contributed by atoms with E-state index in [4.69, 9.17) is 0 Å². The molecule has 10 heavy (non-hydrogen) atoms. The van der Waals surface area contributed by atoms with Crippen molar-refractivity contribution in [3.8, 4) is 0 Å². The molecule has 1 unspecified atom stereocenters. The summed E-state index contributed by atoms with van der Waals surface area (Å²) in [6.07, 6.45) is 0.259. The molecule has 1 atom stereocenters. The summed E-state index contributed by atoms with van der Waals surface area (Å²) in [6.45, 7) is -0.0585. The van der Waals surface area contributed by atoms with Gasteiger partial charge in [0, 0.05) is 6.42 Å². The minimum atomic E-state index is -0.429. The predicted molar refractivity (Wildman–Crippen MR) is 33.4 cm³/mol. The third kappa shape index (κ3) is 1.33. The maximum absolute atomic E-state index is 10.7. The van der Waals surface area contributed by atoms with Crippen molar-refractivity contribution < 1.29 is 14.3 Å². The van der Waals surface area contributed by atoms with Gasteiger partial charge in [-0.2, -0.15) is 0 Å². The Hall–Kier alpha value is -0.900. The molecule has 1 fully saturated rings. The molecule has 1 N–H and O–H groups in total. The largest absolute Gasteiger partial charge is 0.457 e. The van der Waals surface area contributed by atoms with Crippen molar-refractivity contribution in [1.82, 2.24) is 5.32 Å². The minimum absolute atomic E-state index is 0.0287. The summed E-state index contributed by atoms with van der Waals surface area (Å²) in [4.78, 5) is 21.4. The van der Waals surface area contributed by atoms with Crippen LogP contribution in [0, 0.1) is 0 Å². The summed E-state index contributed by atoms with van der Waals surface area (Å²) in [6, 6.07) is -0.429. The van der Waals surface area contributed by atoms with E-state index in [1.807, 2.05) is 0 Å². The standard InChI is InChI=1S/C6H9NO3/c1-7-5-2-4(8)3-10-6(5)9/h5,7H,2-3H2,1H3. The quantitative estimate of drug-likeness (QED) is 0.483. The molecule has 0 aromatic heterocycles. The number of hydrogen-bond acceptors (Lipinski definition) is 4. The Morgan fingerprint density at radius 2 is 2.30 bits per heavy atom. The Morgan fingerprint density at radius 1 is 1.60 bits per heavy atom. The first kappa shape index (κ1) is 7.21. The minimum Gasteiger partial charge on any atom is -0.457 e. The normalized spacial score (nSPS) is 26.3. The van der Waals surface area contributed by atoms with E-state index < -0.39 is 6.04 Å². The van der Waals surface area contributed by atoms with Gasteiger partial charge in [-0.1, -0.05) is 0 Å². The molecule has 0 aromatic carbocycles. The number of carbonyl (C=O) groups excluding carboxylic acids is 2. The van der Waals surface area contributed by atoms with Crippen molar-refractivity contribution in [3.63, 3.8) is 0 Å². The third-order valence-electron chi connectivity index (χ3n) is 1.44. The first-order valence-electron chi connectivity index (χ1n) is 3.09. The van der Waals surface area contributed by atoms with Gasteiger partial charge >= 0.3 is 5.97 Å². The third-order valence-corrected chi connectivity index (χ3v) is 1.44. The molecule has 0 spiro atoms. The van der Waals surface area contributed by atoms with Crippen molar-refractivity contribution in [2.75, 3.05) is 13.7 Å². The van der Waals surface area contributed by atoms with E-state index in [0.717, 1.165) is 0 Å². The predicted octanol–water partition coefficient (Wildman–Crippen LogP) is -0.910. The summed E-state index contributed by atoms with van der Waals surface area (Å²) < 4.78 is 4.54. The molecule has 1 rings (SSSR count). The highest BCUT2D eigenvalue weighted by molar-refractivity contribution is 5.92. The number of Topliss-reactive ketones (excluding diaryl/α,β-unsaturated/α-hetero) is 1. The number of likely N-dealkylation sites (N-methyl/N-ethyl adjacent to an activating group) is 1. The van der Waals surface area contributed by atoms with Gasteiger partial charge in [-0.3, -0.25) is 9.59 Å². The zero-order valence-corrected chi connectivity index (χ0v) is 5.72. The fraction of sp³-hybridized carbons (Fsp3) is 0.667. The number of carbonyl (C=O) groups is 2. The van der Waals surface area contributed by atoms with Gasteiger partial charge in [0.25, 0.3) is 0 Å². The average molecular weight is 143 g/mol. The van der Waals surface area contributed by atoms with E-state index in [9.17, 15) is 9.59 Å². The highest BCUT2D eigenvalue weighted by atomic mass is 16.5. The Bertz CT molecular complexity index is 166. The van der Waals surface area contributed by atoms with Crippen LogP contribution >= 0.6 is 0 Å². The van der Waals surface area contributed by atoms with Crippen LogP contribution in [-0.4, -0.2) is 31.4 Å². The average Bonchev–Trinajstić information content (AvgIpc) is 1.94. The van der Waals surface area contributed by atoms with Gasteiger partial charge < -0.3 is 10.1 Å². The summed E-state index contributed by atoms with van der Waals surface area (Å²) in [5.41, 5.74) is 0. The number of cyclic esters (lactones) is 1. The second-order valence-corrected chi connectivity index (χ2v) is 2.19. The maximum atomic E-state index is 10.7. The van der Waals surface area contributed by atoms with Gasteiger partial charge in [0.15, 0.2) is 5.78 Å². The molecule has 0 amide bonds. The fourth-order valence-electron chi connectivity index (χ4n) is 0.842. The Morgan fingerprint density at radius 3 is 2.80 bits per heavy atom. The molecular formula is C6H9NO3. The van der Waals surface area contributed by atoms with Crippen LogP contribution in [0.4, 0.5) is 0 Å². The molecule has 1 saturated heterocycles. The molecule has 0 aliphatic carbocycles. The maximum Gasteiger partial charge on any atom is 0.324 e. The highest BCUT2D eigenvalue weighted by Crippen LogP contribution is 2.03. The van der Waals surface area contributed by atoms with Gasteiger partial charge in [0.1, 0.15) is 12.6 Å². The van der Waals surface area contributed by atoms with Crippen molar-refractivity contribution in [2.24, 2.45) is 0 Å². The van der Waals surface area contributed by atoms with E-state index >= 15 is 0 Å². The Kier molecular flexibility index (Phi) is 2.01. The van der Waals surface area contributed by atoms with Crippen molar-refractivity contribution in [3.05, 3.63) is 0 Å². The van der Waals surface area contributed by atoms with Crippen LogP contribution in [0.15, 0.2) is 0 Å². The van der Waals surface area contributed by atoms with Crippen LogP contribution in [0.2, 0.25) is 0 Å².